The highest BCUT2D eigenvalue weighted by atomic mass is 32.2. The molecule has 14 heavy (non-hydrogen) atoms. The second-order valence-electron chi connectivity index (χ2n) is 3.11. The highest BCUT2D eigenvalue weighted by Crippen LogP contribution is 2.23. The summed E-state index contributed by atoms with van der Waals surface area (Å²) in [6, 6.07) is 0. The van der Waals surface area contributed by atoms with Crippen molar-refractivity contribution in [3.63, 3.8) is 0 Å². The van der Waals surface area contributed by atoms with Crippen LogP contribution in [0.2, 0.25) is 0 Å². The summed E-state index contributed by atoms with van der Waals surface area (Å²) in [6.07, 6.45) is 0.994. The third-order valence-corrected chi connectivity index (χ3v) is 3.11. The van der Waals surface area contributed by atoms with Crippen LogP contribution in [0.3, 0.4) is 0 Å². The molecule has 0 aliphatic rings. The molecule has 0 amide bonds. The van der Waals surface area contributed by atoms with E-state index in [-0.39, 0.29) is 0 Å². The van der Waals surface area contributed by atoms with E-state index >= 15 is 0 Å². The summed E-state index contributed by atoms with van der Waals surface area (Å²) in [5.41, 5.74) is 5.57. The molecule has 0 bridgehead atoms. The molecule has 0 spiro atoms. The lowest BCUT2D eigenvalue weighted by molar-refractivity contribution is 0.195. The number of nitrogens with two attached hydrogens (primary N) is 1. The summed E-state index contributed by atoms with van der Waals surface area (Å²) in [6.45, 7) is 2.90. The number of hydrogen-bond donors (Lipinski definition) is 1. The van der Waals surface area contributed by atoms with Crippen LogP contribution < -0.4 is 5.73 Å². The van der Waals surface area contributed by atoms with Crippen LogP contribution in [0.5, 0.6) is 0 Å². The molecule has 5 nitrogen and oxygen atoms in total. The van der Waals surface area contributed by atoms with Gasteiger partial charge >= 0.3 is 0 Å². The van der Waals surface area contributed by atoms with Gasteiger partial charge in [0.05, 0.1) is 0 Å². The van der Waals surface area contributed by atoms with Crippen molar-refractivity contribution in [3.05, 3.63) is 0 Å². The maximum atomic E-state index is 5.57. The minimum absolute atomic E-state index is 0.450. The average molecular weight is 216 g/mol. The zero-order chi connectivity index (χ0) is 10.6. The van der Waals surface area contributed by atoms with Gasteiger partial charge in [-0.1, -0.05) is 18.7 Å². The van der Waals surface area contributed by atoms with Crippen LogP contribution in [0, 0.1) is 0 Å². The number of rotatable bonds is 5. The molecule has 1 heterocycles. The van der Waals surface area contributed by atoms with Crippen LogP contribution in [-0.2, 0) is 11.8 Å². The Labute approximate surface area is 88.0 Å². The fourth-order valence-electron chi connectivity index (χ4n) is 0.951. The van der Waals surface area contributed by atoms with Gasteiger partial charge in [0.15, 0.2) is 5.16 Å². The Morgan fingerprint density at radius 3 is 2.79 bits per heavy atom. The number of ether oxygens (including phenoxy) is 1. The Morgan fingerprint density at radius 2 is 2.29 bits per heavy atom. The first kappa shape index (κ1) is 11.3. The molecule has 1 unspecified atom stereocenters. The van der Waals surface area contributed by atoms with Crippen molar-refractivity contribution in [1.29, 1.82) is 0 Å². The second kappa shape index (κ2) is 5.21. The monoisotopic (exact) mass is 216 g/mol. The van der Waals surface area contributed by atoms with Crippen LogP contribution in [0.15, 0.2) is 5.16 Å². The quantitative estimate of drug-likeness (QED) is 0.741. The summed E-state index contributed by atoms with van der Waals surface area (Å²) in [5.74, 6) is 0.450. The number of thioether (sulfide) groups is 1. The van der Waals surface area contributed by atoms with Crippen molar-refractivity contribution in [3.8, 4) is 0 Å². The van der Waals surface area contributed by atoms with Crippen LogP contribution in [-0.4, -0.2) is 33.7 Å². The largest absolute Gasteiger partial charge is 0.385 e. The van der Waals surface area contributed by atoms with Gasteiger partial charge in [0.1, 0.15) is 0 Å². The zero-order valence-electron chi connectivity index (χ0n) is 8.73. The third kappa shape index (κ3) is 2.88. The second-order valence-corrected chi connectivity index (χ2v) is 4.52. The number of nitrogens with zero attached hydrogens (tertiary/aromatic N) is 3. The summed E-state index contributed by atoms with van der Waals surface area (Å²) in [4.78, 5) is 0. The van der Waals surface area contributed by atoms with Crippen molar-refractivity contribution in [2.45, 2.75) is 23.8 Å². The van der Waals surface area contributed by atoms with E-state index in [4.69, 9.17) is 10.5 Å². The molecule has 1 atom stereocenters. The number of anilines is 1. The van der Waals surface area contributed by atoms with Gasteiger partial charge in [-0.2, -0.15) is 0 Å². The smallest absolute Gasteiger partial charge is 0.222 e. The molecule has 0 fully saturated rings. The van der Waals surface area contributed by atoms with Crippen LogP contribution in [0.4, 0.5) is 5.95 Å². The fraction of sp³-hybridized carbons (Fsp3) is 0.750. The summed E-state index contributed by atoms with van der Waals surface area (Å²) in [7, 11) is 3.57. The van der Waals surface area contributed by atoms with Gasteiger partial charge in [-0.3, -0.25) is 4.57 Å². The van der Waals surface area contributed by atoms with Crippen molar-refractivity contribution in [1.82, 2.24) is 14.8 Å². The highest BCUT2D eigenvalue weighted by molar-refractivity contribution is 7.99. The molecule has 0 aliphatic carbocycles. The van der Waals surface area contributed by atoms with Gasteiger partial charge < -0.3 is 10.5 Å². The van der Waals surface area contributed by atoms with Gasteiger partial charge in [-0.05, 0) is 6.42 Å². The SMILES string of the molecule is COCCC(C)Sc1nnc(N)n1C. The maximum absolute atomic E-state index is 5.57. The van der Waals surface area contributed by atoms with Gasteiger partial charge in [0.25, 0.3) is 0 Å². The first-order chi connectivity index (χ1) is 6.65. The molecule has 80 valence electrons. The predicted molar refractivity (Wildman–Crippen MR) is 57.2 cm³/mol. The molecular weight excluding hydrogens is 200 g/mol. The maximum Gasteiger partial charge on any atom is 0.222 e. The number of methoxy groups -OCH3 is 1. The molecule has 0 aromatic carbocycles. The molecule has 0 saturated carbocycles. The van der Waals surface area contributed by atoms with E-state index in [9.17, 15) is 0 Å². The first-order valence-corrected chi connectivity index (χ1v) is 5.33. The van der Waals surface area contributed by atoms with Crippen molar-refractivity contribution in [2.75, 3.05) is 19.5 Å². The number of nitrogen functional groups attached to an aromatic ring is 1. The van der Waals surface area contributed by atoms with E-state index in [1.807, 2.05) is 7.05 Å². The van der Waals surface area contributed by atoms with Crippen LogP contribution in [0.25, 0.3) is 0 Å². The van der Waals surface area contributed by atoms with E-state index in [1.54, 1.807) is 23.4 Å². The molecule has 0 saturated heterocycles. The van der Waals surface area contributed by atoms with Crippen LogP contribution >= 0.6 is 11.8 Å². The molecule has 1 rings (SSSR count). The van der Waals surface area contributed by atoms with Crippen molar-refractivity contribution in [2.24, 2.45) is 7.05 Å². The van der Waals surface area contributed by atoms with E-state index < -0.39 is 0 Å². The Balaban J connectivity index is 2.47. The van der Waals surface area contributed by atoms with E-state index in [0.717, 1.165) is 18.2 Å². The minimum atomic E-state index is 0.450. The standard InChI is InChI=1S/C8H16N4OS/c1-6(4-5-13-3)14-8-11-10-7(9)12(8)2/h6H,4-5H2,1-3H3,(H2,9,10). The average Bonchev–Trinajstić information content (AvgIpc) is 2.46. The molecule has 0 aliphatic heterocycles. The Bertz CT molecular complexity index is 289. The molecule has 6 heteroatoms. The first-order valence-electron chi connectivity index (χ1n) is 4.45. The fourth-order valence-corrected chi connectivity index (χ4v) is 1.87. The van der Waals surface area contributed by atoms with Gasteiger partial charge in [0.2, 0.25) is 5.95 Å². The predicted octanol–water partition coefficient (Wildman–Crippen LogP) is 0.914. The van der Waals surface area contributed by atoms with E-state index in [0.29, 0.717) is 11.2 Å². The lowest BCUT2D eigenvalue weighted by Gasteiger charge is -2.08. The van der Waals surface area contributed by atoms with Crippen molar-refractivity contribution < 1.29 is 4.74 Å². The normalized spacial score (nSPS) is 13.1. The highest BCUT2D eigenvalue weighted by Gasteiger charge is 2.10. The van der Waals surface area contributed by atoms with Gasteiger partial charge in [0, 0.05) is 26.0 Å². The van der Waals surface area contributed by atoms with E-state index in [2.05, 4.69) is 17.1 Å². The zero-order valence-corrected chi connectivity index (χ0v) is 9.54. The molecular formula is C8H16N4OS. The van der Waals surface area contributed by atoms with Crippen LogP contribution in [0.1, 0.15) is 13.3 Å². The van der Waals surface area contributed by atoms with Gasteiger partial charge in [-0.25, -0.2) is 0 Å². The lowest BCUT2D eigenvalue weighted by atomic mass is 10.3. The Hall–Kier alpha value is -0.750. The Morgan fingerprint density at radius 1 is 1.57 bits per heavy atom. The topological polar surface area (TPSA) is 66.0 Å². The Kier molecular flexibility index (Phi) is 4.21. The molecule has 2 N–H and O–H groups in total. The molecule has 0 radical (unpaired) electrons. The summed E-state index contributed by atoms with van der Waals surface area (Å²) >= 11 is 1.66. The third-order valence-electron chi connectivity index (χ3n) is 1.90. The molecule has 1 aromatic heterocycles. The summed E-state index contributed by atoms with van der Waals surface area (Å²) in [5, 5.41) is 9.07. The van der Waals surface area contributed by atoms with Gasteiger partial charge in [-0.15, -0.1) is 10.2 Å². The van der Waals surface area contributed by atoms with E-state index in [1.165, 1.54) is 0 Å². The number of hydrogen-bond acceptors (Lipinski definition) is 5. The van der Waals surface area contributed by atoms with Crippen molar-refractivity contribution >= 4 is 17.7 Å². The number of aromatic nitrogens is 3. The minimum Gasteiger partial charge on any atom is -0.385 e. The lowest BCUT2D eigenvalue weighted by Crippen LogP contribution is -2.04. The molecule has 1 aromatic rings. The summed E-state index contributed by atoms with van der Waals surface area (Å²) < 4.78 is 6.79.